The van der Waals surface area contributed by atoms with Crippen LogP contribution >= 0.6 is 12.2 Å². The second-order valence-corrected chi connectivity index (χ2v) is 9.15. The Hall–Kier alpha value is -3.92. The summed E-state index contributed by atoms with van der Waals surface area (Å²) in [5.41, 5.74) is 0.754. The molecule has 6 nitrogen and oxygen atoms in total. The van der Waals surface area contributed by atoms with Crippen LogP contribution in [-0.2, 0) is 22.2 Å². The number of amides is 2. The highest BCUT2D eigenvalue weighted by Gasteiger charge is 2.44. The van der Waals surface area contributed by atoms with E-state index >= 15 is 0 Å². The Morgan fingerprint density at radius 2 is 1.74 bits per heavy atom. The second kappa shape index (κ2) is 11.6. The van der Waals surface area contributed by atoms with E-state index in [1.165, 1.54) is 19.2 Å². The van der Waals surface area contributed by atoms with Gasteiger partial charge in [0.25, 0.3) is 5.91 Å². The van der Waals surface area contributed by atoms with Gasteiger partial charge in [-0.25, -0.2) is 0 Å². The summed E-state index contributed by atoms with van der Waals surface area (Å²) in [6.45, 7) is 0.357. The minimum absolute atomic E-state index is 0.0148. The molecule has 3 aromatic rings. The lowest BCUT2D eigenvalue weighted by atomic mass is 10.1. The van der Waals surface area contributed by atoms with Crippen LogP contribution in [0.3, 0.4) is 0 Å². The minimum atomic E-state index is -4.58. The number of rotatable bonds is 9. The summed E-state index contributed by atoms with van der Waals surface area (Å²) >= 11 is 5.58. The predicted molar refractivity (Wildman–Crippen MR) is 143 cm³/mol. The summed E-state index contributed by atoms with van der Waals surface area (Å²) in [4.78, 5) is 29.2. The van der Waals surface area contributed by atoms with Gasteiger partial charge in [-0.1, -0.05) is 36.4 Å². The molecule has 1 unspecified atom stereocenters. The van der Waals surface area contributed by atoms with E-state index in [1.807, 2.05) is 30.3 Å². The number of ether oxygens (including phenoxy) is 1. The van der Waals surface area contributed by atoms with Crippen LogP contribution in [0.15, 0.2) is 78.9 Å². The summed E-state index contributed by atoms with van der Waals surface area (Å²) in [5.74, 6) is -0.338. The van der Waals surface area contributed by atoms with Gasteiger partial charge >= 0.3 is 6.18 Å². The van der Waals surface area contributed by atoms with E-state index in [0.29, 0.717) is 30.8 Å². The monoisotopic (exact) mass is 541 g/mol. The number of halogens is 3. The van der Waals surface area contributed by atoms with Crippen molar-refractivity contribution in [2.45, 2.75) is 31.5 Å². The smallest absolute Gasteiger partial charge is 0.416 e. The fraction of sp³-hybridized carbons (Fsp3) is 0.250. The van der Waals surface area contributed by atoms with Crippen molar-refractivity contribution in [1.82, 2.24) is 4.90 Å². The summed E-state index contributed by atoms with van der Waals surface area (Å²) in [6, 6.07) is 20.0. The molecule has 38 heavy (non-hydrogen) atoms. The van der Waals surface area contributed by atoms with Crippen molar-refractivity contribution in [3.05, 3.63) is 90.0 Å². The van der Waals surface area contributed by atoms with Gasteiger partial charge in [-0.2, -0.15) is 13.2 Å². The molecule has 1 aliphatic rings. The van der Waals surface area contributed by atoms with Crippen molar-refractivity contribution in [2.75, 3.05) is 23.9 Å². The maximum absolute atomic E-state index is 13.5. The van der Waals surface area contributed by atoms with Crippen molar-refractivity contribution in [2.24, 2.45) is 0 Å². The number of hydrogen-bond donors (Lipinski definition) is 1. The first-order chi connectivity index (χ1) is 18.2. The molecule has 1 aliphatic heterocycles. The van der Waals surface area contributed by atoms with Crippen LogP contribution in [-0.4, -0.2) is 41.5 Å². The van der Waals surface area contributed by atoms with Gasteiger partial charge in [0.15, 0.2) is 5.11 Å². The number of nitrogens with one attached hydrogen (secondary N) is 1. The highest BCUT2D eigenvalue weighted by atomic mass is 32.1. The lowest BCUT2D eigenvalue weighted by molar-refractivity contribution is -0.137. The largest absolute Gasteiger partial charge is 0.497 e. The maximum atomic E-state index is 13.5. The fourth-order valence-electron chi connectivity index (χ4n) is 4.31. The van der Waals surface area contributed by atoms with Crippen molar-refractivity contribution >= 4 is 40.5 Å². The SMILES string of the molecule is COc1ccc(NC(=O)CC2C(=O)N(c3cccc(C(F)(F)F)c3)C(=S)N2CCCc2ccccc2)cc1. The predicted octanol–water partition coefficient (Wildman–Crippen LogP) is 5.68. The molecule has 0 saturated carbocycles. The van der Waals surface area contributed by atoms with Gasteiger partial charge in [0, 0.05) is 12.2 Å². The van der Waals surface area contributed by atoms with E-state index in [9.17, 15) is 22.8 Å². The first kappa shape index (κ1) is 27.1. The summed E-state index contributed by atoms with van der Waals surface area (Å²) in [5, 5.41) is 2.83. The first-order valence-corrected chi connectivity index (χ1v) is 12.4. The van der Waals surface area contributed by atoms with Gasteiger partial charge in [0.1, 0.15) is 11.8 Å². The van der Waals surface area contributed by atoms with E-state index in [4.69, 9.17) is 17.0 Å². The molecule has 1 fully saturated rings. The molecule has 1 N–H and O–H groups in total. The van der Waals surface area contributed by atoms with Crippen LogP contribution in [0, 0.1) is 0 Å². The van der Waals surface area contributed by atoms with Gasteiger partial charge < -0.3 is 15.0 Å². The Bertz CT molecular complexity index is 1300. The quantitative estimate of drug-likeness (QED) is 0.354. The normalized spacial score (nSPS) is 15.6. The number of carbonyl (C=O) groups excluding carboxylic acids is 2. The number of alkyl halides is 3. The fourth-order valence-corrected chi connectivity index (χ4v) is 4.72. The van der Waals surface area contributed by atoms with E-state index in [-0.39, 0.29) is 17.2 Å². The third kappa shape index (κ3) is 6.31. The van der Waals surface area contributed by atoms with Crippen LogP contribution < -0.4 is 15.0 Å². The van der Waals surface area contributed by atoms with E-state index in [1.54, 1.807) is 29.2 Å². The molecular formula is C28H26F3N3O3S. The maximum Gasteiger partial charge on any atom is 0.416 e. The van der Waals surface area contributed by atoms with Crippen molar-refractivity contribution in [1.29, 1.82) is 0 Å². The Kier molecular flexibility index (Phi) is 8.31. The highest BCUT2D eigenvalue weighted by Crippen LogP contribution is 2.34. The zero-order chi connectivity index (χ0) is 27.3. The number of anilines is 2. The zero-order valence-electron chi connectivity index (χ0n) is 20.6. The van der Waals surface area contributed by atoms with E-state index in [0.717, 1.165) is 22.6 Å². The molecule has 0 aliphatic carbocycles. The van der Waals surface area contributed by atoms with E-state index < -0.39 is 29.6 Å². The lowest BCUT2D eigenvalue weighted by Gasteiger charge is -2.24. The Morgan fingerprint density at radius 3 is 2.39 bits per heavy atom. The first-order valence-electron chi connectivity index (χ1n) is 12.0. The van der Waals surface area contributed by atoms with E-state index in [2.05, 4.69) is 5.32 Å². The van der Waals surface area contributed by atoms with Crippen molar-refractivity contribution < 1.29 is 27.5 Å². The molecule has 0 spiro atoms. The molecule has 1 heterocycles. The number of hydrogen-bond acceptors (Lipinski definition) is 4. The summed E-state index contributed by atoms with van der Waals surface area (Å²) in [7, 11) is 1.53. The lowest BCUT2D eigenvalue weighted by Crippen LogP contribution is -2.38. The Morgan fingerprint density at radius 1 is 1.03 bits per heavy atom. The van der Waals surface area contributed by atoms with Crippen molar-refractivity contribution in [3.8, 4) is 5.75 Å². The van der Waals surface area contributed by atoms with Gasteiger partial charge in [-0.05, 0) is 73.1 Å². The average molecular weight is 542 g/mol. The molecular weight excluding hydrogens is 515 g/mol. The zero-order valence-corrected chi connectivity index (χ0v) is 21.4. The number of methoxy groups -OCH3 is 1. The average Bonchev–Trinajstić information content (AvgIpc) is 3.13. The van der Waals surface area contributed by atoms with Gasteiger partial charge in [0.05, 0.1) is 24.8 Å². The topological polar surface area (TPSA) is 61.9 Å². The van der Waals surface area contributed by atoms with Crippen LogP contribution in [0.4, 0.5) is 24.5 Å². The van der Waals surface area contributed by atoms with Crippen LogP contribution in [0.2, 0.25) is 0 Å². The molecule has 198 valence electrons. The minimum Gasteiger partial charge on any atom is -0.497 e. The molecule has 1 atom stereocenters. The molecule has 3 aromatic carbocycles. The highest BCUT2D eigenvalue weighted by molar-refractivity contribution is 7.80. The summed E-state index contributed by atoms with van der Waals surface area (Å²) < 4.78 is 45.2. The molecule has 0 aromatic heterocycles. The molecule has 2 amide bonds. The number of aryl methyl sites for hydroxylation is 1. The number of carbonyl (C=O) groups is 2. The number of nitrogens with zero attached hydrogens (tertiary/aromatic N) is 2. The van der Waals surface area contributed by atoms with Crippen LogP contribution in [0.1, 0.15) is 24.0 Å². The molecule has 10 heteroatoms. The van der Waals surface area contributed by atoms with Crippen LogP contribution in [0.25, 0.3) is 0 Å². The third-order valence-electron chi connectivity index (χ3n) is 6.21. The molecule has 0 radical (unpaired) electrons. The number of benzene rings is 3. The number of thiocarbonyl (C=S) groups is 1. The summed E-state index contributed by atoms with van der Waals surface area (Å²) in [6.07, 6.45) is -3.45. The van der Waals surface area contributed by atoms with Crippen molar-refractivity contribution in [3.63, 3.8) is 0 Å². The Labute approximate surface area is 224 Å². The standard InChI is InChI=1S/C28H26F3N3O3S/c1-37-23-14-12-21(13-15-23)32-25(35)18-24-26(36)34(22-11-5-10-20(17-22)28(29,30)31)27(38)33(24)16-6-9-19-7-3-2-4-8-19/h2-5,7-8,10-15,17,24H,6,9,16,18H2,1H3,(H,32,35). The third-order valence-corrected chi connectivity index (χ3v) is 6.63. The van der Waals surface area contributed by atoms with Gasteiger partial charge in [-0.3, -0.25) is 14.5 Å². The van der Waals surface area contributed by atoms with Crippen LogP contribution in [0.5, 0.6) is 5.75 Å². The second-order valence-electron chi connectivity index (χ2n) is 8.78. The molecule has 4 rings (SSSR count). The van der Waals surface area contributed by atoms with Gasteiger partial charge in [0.2, 0.25) is 5.91 Å². The molecule has 0 bridgehead atoms. The van der Waals surface area contributed by atoms with Gasteiger partial charge in [-0.15, -0.1) is 0 Å². The Balaban J connectivity index is 1.55. The molecule has 1 saturated heterocycles.